The summed E-state index contributed by atoms with van der Waals surface area (Å²) in [4.78, 5) is 14.1. The Morgan fingerprint density at radius 3 is 2.35 bits per heavy atom. The SMILES string of the molecule is CC(C)N(C)S(=O)(=O)N1CCN(C(=O)c2cccc(Cl)c2)CC1. The molecule has 1 heterocycles. The molecule has 1 aliphatic heterocycles. The van der Waals surface area contributed by atoms with E-state index in [-0.39, 0.29) is 11.9 Å². The van der Waals surface area contributed by atoms with Crippen LogP contribution in [-0.4, -0.2) is 67.1 Å². The summed E-state index contributed by atoms with van der Waals surface area (Å²) in [5.74, 6) is -0.123. The van der Waals surface area contributed by atoms with Gasteiger partial charge in [0.25, 0.3) is 16.1 Å². The van der Waals surface area contributed by atoms with Crippen molar-refractivity contribution in [3.63, 3.8) is 0 Å². The minimum absolute atomic E-state index is 0.105. The lowest BCUT2D eigenvalue weighted by molar-refractivity contribution is 0.0694. The van der Waals surface area contributed by atoms with E-state index in [4.69, 9.17) is 11.6 Å². The highest BCUT2D eigenvalue weighted by molar-refractivity contribution is 7.86. The van der Waals surface area contributed by atoms with Gasteiger partial charge in [-0.1, -0.05) is 17.7 Å². The number of carbonyl (C=O) groups excluding carboxylic acids is 1. The van der Waals surface area contributed by atoms with Gasteiger partial charge < -0.3 is 4.90 Å². The second kappa shape index (κ2) is 7.17. The quantitative estimate of drug-likeness (QED) is 0.821. The van der Waals surface area contributed by atoms with E-state index >= 15 is 0 Å². The van der Waals surface area contributed by atoms with Crippen LogP contribution in [0.2, 0.25) is 5.02 Å². The molecule has 0 spiro atoms. The number of benzene rings is 1. The molecule has 6 nitrogen and oxygen atoms in total. The van der Waals surface area contributed by atoms with Crippen molar-refractivity contribution in [2.45, 2.75) is 19.9 Å². The molecule has 1 saturated heterocycles. The predicted molar refractivity (Wildman–Crippen MR) is 90.7 cm³/mol. The molecule has 0 aromatic heterocycles. The van der Waals surface area contributed by atoms with Crippen molar-refractivity contribution in [2.24, 2.45) is 0 Å². The van der Waals surface area contributed by atoms with E-state index in [2.05, 4.69) is 0 Å². The Hall–Kier alpha value is -1.15. The molecule has 0 N–H and O–H groups in total. The fraction of sp³-hybridized carbons (Fsp3) is 0.533. The molecule has 2 rings (SSSR count). The number of carbonyl (C=O) groups is 1. The number of halogens is 1. The summed E-state index contributed by atoms with van der Waals surface area (Å²) in [6.07, 6.45) is 0. The van der Waals surface area contributed by atoms with Gasteiger partial charge in [-0.2, -0.15) is 17.0 Å². The largest absolute Gasteiger partial charge is 0.336 e. The van der Waals surface area contributed by atoms with Crippen LogP contribution < -0.4 is 0 Å². The number of hydrogen-bond donors (Lipinski definition) is 0. The van der Waals surface area contributed by atoms with Crippen molar-refractivity contribution in [2.75, 3.05) is 33.2 Å². The van der Waals surface area contributed by atoms with Gasteiger partial charge in [-0.05, 0) is 32.0 Å². The molecule has 1 aliphatic rings. The van der Waals surface area contributed by atoms with Crippen LogP contribution >= 0.6 is 11.6 Å². The first-order chi connectivity index (χ1) is 10.7. The predicted octanol–water partition coefficient (Wildman–Crippen LogP) is 1.68. The third-order valence-corrected chi connectivity index (χ3v) is 6.42. The van der Waals surface area contributed by atoms with Crippen LogP contribution in [0.15, 0.2) is 24.3 Å². The first-order valence-electron chi connectivity index (χ1n) is 7.51. The fourth-order valence-electron chi connectivity index (χ4n) is 2.37. The number of hydrogen-bond acceptors (Lipinski definition) is 3. The number of rotatable bonds is 4. The first kappa shape index (κ1) is 18.2. The minimum Gasteiger partial charge on any atom is -0.336 e. The van der Waals surface area contributed by atoms with E-state index in [0.29, 0.717) is 36.8 Å². The van der Waals surface area contributed by atoms with E-state index in [0.717, 1.165) is 0 Å². The average Bonchev–Trinajstić information content (AvgIpc) is 2.53. The zero-order chi connectivity index (χ0) is 17.2. The molecule has 1 aromatic carbocycles. The van der Waals surface area contributed by atoms with Crippen LogP contribution in [0.1, 0.15) is 24.2 Å². The number of piperazine rings is 1. The molecule has 8 heteroatoms. The molecule has 1 fully saturated rings. The highest BCUT2D eigenvalue weighted by Gasteiger charge is 2.32. The summed E-state index contributed by atoms with van der Waals surface area (Å²) >= 11 is 5.91. The van der Waals surface area contributed by atoms with E-state index in [1.54, 1.807) is 36.2 Å². The molecule has 0 atom stereocenters. The van der Waals surface area contributed by atoms with Gasteiger partial charge in [0.1, 0.15) is 0 Å². The maximum Gasteiger partial charge on any atom is 0.282 e. The normalized spacial score (nSPS) is 17.0. The molecule has 0 radical (unpaired) electrons. The molecule has 1 aromatic rings. The molecule has 1 amide bonds. The number of nitrogens with zero attached hydrogens (tertiary/aromatic N) is 3. The Morgan fingerprint density at radius 1 is 1.22 bits per heavy atom. The van der Waals surface area contributed by atoms with Gasteiger partial charge in [0.2, 0.25) is 0 Å². The molecule has 128 valence electrons. The molecular weight excluding hydrogens is 338 g/mol. The summed E-state index contributed by atoms with van der Waals surface area (Å²) in [6.45, 7) is 5.00. The summed E-state index contributed by atoms with van der Waals surface area (Å²) in [5, 5.41) is 0.510. The topological polar surface area (TPSA) is 60.9 Å². The molecule has 0 saturated carbocycles. The molecule has 0 bridgehead atoms. The summed E-state index contributed by atoms with van der Waals surface area (Å²) < 4.78 is 27.7. The lowest BCUT2D eigenvalue weighted by atomic mass is 10.2. The van der Waals surface area contributed by atoms with Gasteiger partial charge in [0.15, 0.2) is 0 Å². The molecular formula is C15H22ClN3O3S. The van der Waals surface area contributed by atoms with E-state index in [1.165, 1.54) is 8.61 Å². The first-order valence-corrected chi connectivity index (χ1v) is 9.29. The van der Waals surface area contributed by atoms with Crippen molar-refractivity contribution in [3.8, 4) is 0 Å². The summed E-state index contributed by atoms with van der Waals surface area (Å²) in [5.41, 5.74) is 0.521. The number of amides is 1. The van der Waals surface area contributed by atoms with Crippen LogP contribution in [0.25, 0.3) is 0 Å². The van der Waals surface area contributed by atoms with Crippen LogP contribution in [0.5, 0.6) is 0 Å². The van der Waals surface area contributed by atoms with Crippen LogP contribution in [0.3, 0.4) is 0 Å². The molecule has 0 aliphatic carbocycles. The van der Waals surface area contributed by atoms with Gasteiger partial charge >= 0.3 is 0 Å². The monoisotopic (exact) mass is 359 g/mol. The Bertz CT molecular complexity index is 670. The van der Waals surface area contributed by atoms with Crippen molar-refractivity contribution < 1.29 is 13.2 Å². The van der Waals surface area contributed by atoms with Crippen molar-refractivity contribution in [1.29, 1.82) is 0 Å². The van der Waals surface area contributed by atoms with Gasteiger partial charge in [-0.3, -0.25) is 4.79 Å². The zero-order valence-corrected chi connectivity index (χ0v) is 15.1. The van der Waals surface area contributed by atoms with Crippen molar-refractivity contribution in [3.05, 3.63) is 34.9 Å². The second-order valence-electron chi connectivity index (χ2n) is 5.82. The summed E-state index contributed by atoms with van der Waals surface area (Å²) in [6, 6.07) is 6.67. The van der Waals surface area contributed by atoms with Crippen LogP contribution in [0.4, 0.5) is 0 Å². The van der Waals surface area contributed by atoms with Crippen molar-refractivity contribution >= 4 is 27.7 Å². The molecule has 0 unspecified atom stereocenters. The third-order valence-electron chi connectivity index (χ3n) is 4.01. The highest BCUT2D eigenvalue weighted by Crippen LogP contribution is 2.17. The standard InChI is InChI=1S/C15H22ClN3O3S/c1-12(2)17(3)23(21,22)19-9-7-18(8-10-19)15(20)13-5-4-6-14(16)11-13/h4-6,11-12H,7-10H2,1-3H3. The van der Waals surface area contributed by atoms with E-state index in [1.807, 2.05) is 13.8 Å². The zero-order valence-electron chi connectivity index (χ0n) is 13.6. The van der Waals surface area contributed by atoms with Crippen LogP contribution in [-0.2, 0) is 10.2 Å². The lowest BCUT2D eigenvalue weighted by Gasteiger charge is -2.36. The van der Waals surface area contributed by atoms with Gasteiger partial charge in [0.05, 0.1) is 0 Å². The van der Waals surface area contributed by atoms with Crippen LogP contribution in [0, 0.1) is 0 Å². The Morgan fingerprint density at radius 2 is 1.83 bits per heavy atom. The third kappa shape index (κ3) is 4.03. The Labute approximate surface area is 142 Å². The highest BCUT2D eigenvalue weighted by atomic mass is 35.5. The smallest absolute Gasteiger partial charge is 0.282 e. The molecule has 23 heavy (non-hydrogen) atoms. The Balaban J connectivity index is 2.03. The Kier molecular flexibility index (Phi) is 5.67. The van der Waals surface area contributed by atoms with E-state index in [9.17, 15) is 13.2 Å². The van der Waals surface area contributed by atoms with E-state index < -0.39 is 10.2 Å². The summed E-state index contributed by atoms with van der Waals surface area (Å²) in [7, 11) is -1.90. The van der Waals surface area contributed by atoms with Gasteiger partial charge in [-0.25, -0.2) is 0 Å². The van der Waals surface area contributed by atoms with Gasteiger partial charge in [0, 0.05) is 49.9 Å². The lowest BCUT2D eigenvalue weighted by Crippen LogP contribution is -2.54. The average molecular weight is 360 g/mol. The maximum absolute atomic E-state index is 12.4. The fourth-order valence-corrected chi connectivity index (χ4v) is 4.09. The maximum atomic E-state index is 12.4. The van der Waals surface area contributed by atoms with Crippen molar-refractivity contribution in [1.82, 2.24) is 13.5 Å². The second-order valence-corrected chi connectivity index (χ2v) is 8.24. The minimum atomic E-state index is -3.47. The van der Waals surface area contributed by atoms with Gasteiger partial charge in [-0.15, -0.1) is 0 Å².